The number of likely N-dealkylation sites (tertiary alicyclic amines) is 1. The van der Waals surface area contributed by atoms with Crippen molar-refractivity contribution in [1.29, 1.82) is 0 Å². The van der Waals surface area contributed by atoms with Gasteiger partial charge in [-0.3, -0.25) is 4.79 Å². The molecule has 2 aliphatic rings. The topological polar surface area (TPSA) is 50.2 Å². The molecule has 2 aliphatic heterocycles. The molecule has 1 aromatic heterocycles. The highest BCUT2D eigenvalue weighted by Gasteiger charge is 2.47. The molecule has 0 saturated carbocycles. The highest BCUT2D eigenvalue weighted by molar-refractivity contribution is 5.99. The maximum atomic E-state index is 13.7. The van der Waals surface area contributed by atoms with Crippen molar-refractivity contribution in [2.24, 2.45) is 0 Å². The highest BCUT2D eigenvalue weighted by Crippen LogP contribution is 2.44. The zero-order valence-corrected chi connectivity index (χ0v) is 15.0. The molecule has 3 heterocycles. The van der Waals surface area contributed by atoms with Crippen LogP contribution >= 0.6 is 0 Å². The third kappa shape index (κ3) is 3.45. The molecule has 0 spiro atoms. The minimum Gasteiger partial charge on any atom is -0.363 e. The smallest absolute Gasteiger partial charge is 0.363 e. The molecular weight excluding hydrogens is 376 g/mol. The van der Waals surface area contributed by atoms with Gasteiger partial charge in [-0.05, 0) is 37.0 Å². The van der Waals surface area contributed by atoms with E-state index in [0.717, 1.165) is 23.9 Å². The molecule has 1 saturated heterocycles. The van der Waals surface area contributed by atoms with Crippen molar-refractivity contribution in [2.75, 3.05) is 18.4 Å². The van der Waals surface area contributed by atoms with E-state index in [0.29, 0.717) is 18.7 Å². The van der Waals surface area contributed by atoms with Gasteiger partial charge in [-0.25, -0.2) is 9.07 Å². The number of carbonyl (C=O) groups is 1. The summed E-state index contributed by atoms with van der Waals surface area (Å²) in [5, 5.41) is 6.92. The first-order chi connectivity index (χ1) is 13.3. The van der Waals surface area contributed by atoms with Crippen molar-refractivity contribution in [3.05, 3.63) is 47.4 Å². The number of rotatable bonds is 2. The van der Waals surface area contributed by atoms with E-state index < -0.39 is 24.1 Å². The largest absolute Gasteiger partial charge is 0.410 e. The number of hydrogen-bond acceptors (Lipinski definition) is 3. The predicted molar refractivity (Wildman–Crippen MR) is 94.5 cm³/mol. The van der Waals surface area contributed by atoms with Crippen LogP contribution in [-0.4, -0.2) is 39.9 Å². The summed E-state index contributed by atoms with van der Waals surface area (Å²) in [6.45, 7) is 1.18. The van der Waals surface area contributed by atoms with Crippen LogP contribution in [0.4, 0.5) is 23.4 Å². The molecule has 2 aromatic rings. The number of piperidine rings is 1. The third-order valence-electron chi connectivity index (χ3n) is 5.38. The SMILES string of the molecule is O=C(c1cnn2c1N[C@@H](c1ccc(F)cc1)C[C@@H]2C(F)(F)F)N1CCCCC1. The van der Waals surface area contributed by atoms with Crippen LogP contribution in [0.15, 0.2) is 30.5 Å². The Kier molecular flexibility index (Phi) is 4.76. The molecule has 1 fully saturated rings. The first kappa shape index (κ1) is 18.8. The number of alkyl halides is 3. The van der Waals surface area contributed by atoms with Crippen LogP contribution in [0, 0.1) is 5.82 Å². The summed E-state index contributed by atoms with van der Waals surface area (Å²) in [6.07, 6.45) is -0.798. The number of nitrogens with zero attached hydrogens (tertiary/aromatic N) is 3. The predicted octanol–water partition coefficient (Wildman–Crippen LogP) is 4.31. The lowest BCUT2D eigenvalue weighted by Crippen LogP contribution is -2.38. The van der Waals surface area contributed by atoms with Gasteiger partial charge in [0.25, 0.3) is 5.91 Å². The molecule has 150 valence electrons. The quantitative estimate of drug-likeness (QED) is 0.770. The fourth-order valence-electron chi connectivity index (χ4n) is 3.90. The number of amides is 1. The number of anilines is 1. The van der Waals surface area contributed by atoms with Gasteiger partial charge in [0.2, 0.25) is 0 Å². The average Bonchev–Trinajstić information content (AvgIpc) is 3.11. The number of halogens is 4. The van der Waals surface area contributed by atoms with Crippen molar-refractivity contribution in [3.8, 4) is 0 Å². The minimum atomic E-state index is -4.52. The summed E-state index contributed by atoms with van der Waals surface area (Å²) < 4.78 is 55.2. The third-order valence-corrected chi connectivity index (χ3v) is 5.38. The number of aromatic nitrogens is 2. The second-order valence-corrected chi connectivity index (χ2v) is 7.25. The maximum absolute atomic E-state index is 13.7. The van der Waals surface area contributed by atoms with Gasteiger partial charge in [0.05, 0.1) is 12.2 Å². The second kappa shape index (κ2) is 7.10. The zero-order valence-electron chi connectivity index (χ0n) is 15.0. The van der Waals surface area contributed by atoms with Crippen LogP contribution in [0.25, 0.3) is 0 Å². The molecule has 1 N–H and O–H groups in total. The number of nitrogens with one attached hydrogen (secondary N) is 1. The molecule has 5 nitrogen and oxygen atoms in total. The monoisotopic (exact) mass is 396 g/mol. The Morgan fingerprint density at radius 2 is 1.79 bits per heavy atom. The van der Waals surface area contributed by atoms with E-state index in [1.54, 1.807) is 4.90 Å². The lowest BCUT2D eigenvalue weighted by molar-refractivity contribution is -0.173. The second-order valence-electron chi connectivity index (χ2n) is 7.25. The Hall–Kier alpha value is -2.58. The van der Waals surface area contributed by atoms with E-state index in [-0.39, 0.29) is 23.7 Å². The van der Waals surface area contributed by atoms with Crippen molar-refractivity contribution in [2.45, 2.75) is 43.9 Å². The van der Waals surface area contributed by atoms with Crippen LogP contribution in [0.3, 0.4) is 0 Å². The van der Waals surface area contributed by atoms with Crippen LogP contribution in [0.2, 0.25) is 0 Å². The molecule has 0 unspecified atom stereocenters. The van der Waals surface area contributed by atoms with E-state index in [1.807, 2.05) is 0 Å². The summed E-state index contributed by atoms with van der Waals surface area (Å²) in [5.74, 6) is -0.703. The minimum absolute atomic E-state index is 0.0680. The maximum Gasteiger partial charge on any atom is 0.410 e. The summed E-state index contributed by atoms with van der Waals surface area (Å²) in [7, 11) is 0. The Morgan fingerprint density at radius 1 is 1.11 bits per heavy atom. The van der Waals surface area contributed by atoms with E-state index >= 15 is 0 Å². The average molecular weight is 396 g/mol. The molecule has 0 radical (unpaired) electrons. The van der Waals surface area contributed by atoms with Crippen LogP contribution in [0.5, 0.6) is 0 Å². The Balaban J connectivity index is 1.70. The normalized spacial score (nSPS) is 22.5. The van der Waals surface area contributed by atoms with Crippen LogP contribution in [-0.2, 0) is 0 Å². The van der Waals surface area contributed by atoms with Crippen LogP contribution in [0.1, 0.15) is 53.7 Å². The van der Waals surface area contributed by atoms with Gasteiger partial charge < -0.3 is 10.2 Å². The number of carbonyl (C=O) groups excluding carboxylic acids is 1. The Labute approximate surface area is 159 Å². The molecule has 9 heteroatoms. The molecule has 0 aliphatic carbocycles. The molecule has 1 aromatic carbocycles. The Morgan fingerprint density at radius 3 is 2.43 bits per heavy atom. The van der Waals surface area contributed by atoms with Crippen molar-refractivity contribution in [1.82, 2.24) is 14.7 Å². The van der Waals surface area contributed by atoms with E-state index in [1.165, 1.54) is 30.5 Å². The van der Waals surface area contributed by atoms with Gasteiger partial charge in [0.15, 0.2) is 6.04 Å². The van der Waals surface area contributed by atoms with Gasteiger partial charge in [0, 0.05) is 19.5 Å². The van der Waals surface area contributed by atoms with Crippen molar-refractivity contribution < 1.29 is 22.4 Å². The zero-order chi connectivity index (χ0) is 19.9. The lowest BCUT2D eigenvalue weighted by Gasteiger charge is -2.34. The number of hydrogen-bond donors (Lipinski definition) is 1. The van der Waals surface area contributed by atoms with Gasteiger partial charge in [-0.1, -0.05) is 12.1 Å². The number of benzene rings is 1. The standard InChI is InChI=1S/C19H20F4N4O/c20-13-6-4-12(5-7-13)15-10-16(19(21,22)23)27-17(25-15)14(11-24-27)18(28)26-8-2-1-3-9-26/h4-7,11,15-16,25H,1-3,8-10H2/t15-,16-/m1/s1. The van der Waals surface area contributed by atoms with Crippen LogP contribution < -0.4 is 5.32 Å². The molecule has 4 rings (SSSR count). The fourth-order valence-corrected chi connectivity index (χ4v) is 3.90. The first-order valence-corrected chi connectivity index (χ1v) is 9.30. The van der Waals surface area contributed by atoms with Gasteiger partial charge >= 0.3 is 6.18 Å². The van der Waals surface area contributed by atoms with E-state index in [2.05, 4.69) is 10.4 Å². The van der Waals surface area contributed by atoms with E-state index in [9.17, 15) is 22.4 Å². The summed E-state index contributed by atoms with van der Waals surface area (Å²) in [4.78, 5) is 14.5. The Bertz CT molecular complexity index is 856. The summed E-state index contributed by atoms with van der Waals surface area (Å²) in [6, 6.07) is 2.78. The van der Waals surface area contributed by atoms with Crippen molar-refractivity contribution >= 4 is 11.7 Å². The molecule has 0 bridgehead atoms. The molecule has 1 amide bonds. The summed E-state index contributed by atoms with van der Waals surface area (Å²) in [5.41, 5.74) is 0.669. The fraction of sp³-hybridized carbons (Fsp3) is 0.474. The van der Waals surface area contributed by atoms with Gasteiger partial charge in [-0.15, -0.1) is 0 Å². The molecule has 28 heavy (non-hydrogen) atoms. The van der Waals surface area contributed by atoms with Crippen molar-refractivity contribution in [3.63, 3.8) is 0 Å². The van der Waals surface area contributed by atoms with E-state index in [4.69, 9.17) is 0 Å². The summed E-state index contributed by atoms with van der Waals surface area (Å²) >= 11 is 0. The lowest BCUT2D eigenvalue weighted by atomic mass is 9.96. The number of fused-ring (bicyclic) bond motifs is 1. The molecule has 2 atom stereocenters. The first-order valence-electron chi connectivity index (χ1n) is 9.30. The van der Waals surface area contributed by atoms with Gasteiger partial charge in [-0.2, -0.15) is 18.3 Å². The van der Waals surface area contributed by atoms with Gasteiger partial charge in [0.1, 0.15) is 17.2 Å². The molecular formula is C19H20F4N4O. The highest BCUT2D eigenvalue weighted by atomic mass is 19.4.